The highest BCUT2D eigenvalue weighted by Crippen LogP contribution is 2.29. The van der Waals surface area contributed by atoms with Crippen LogP contribution in [0.2, 0.25) is 0 Å². The number of imide groups is 1. The molecule has 1 unspecified atom stereocenters. The van der Waals surface area contributed by atoms with Gasteiger partial charge in [-0.15, -0.1) is 0 Å². The maximum Gasteiger partial charge on any atom is 0.266 e. The molecule has 0 aliphatic carbocycles. The van der Waals surface area contributed by atoms with E-state index in [0.29, 0.717) is 33.8 Å². The number of nitrogens with zero attached hydrogens (tertiary/aromatic N) is 2. The quantitative estimate of drug-likeness (QED) is 0.645. The summed E-state index contributed by atoms with van der Waals surface area (Å²) >= 11 is 0. The highest BCUT2D eigenvalue weighted by atomic mass is 16.5. The van der Waals surface area contributed by atoms with Crippen LogP contribution in [-0.4, -0.2) is 23.8 Å². The van der Waals surface area contributed by atoms with Crippen molar-refractivity contribution in [2.45, 2.75) is 13.0 Å². The molecule has 31 heavy (non-hydrogen) atoms. The Morgan fingerprint density at radius 2 is 1.61 bits per heavy atom. The molecular formula is C24H17N3O4. The normalized spacial score (nSPS) is 13.4. The van der Waals surface area contributed by atoms with Crippen LogP contribution in [0.3, 0.4) is 0 Å². The predicted octanol–water partition coefficient (Wildman–Crippen LogP) is 3.76. The number of hydrogen-bond donors (Lipinski definition) is 1. The number of benzene rings is 3. The fourth-order valence-electron chi connectivity index (χ4n) is 3.26. The minimum Gasteiger partial charge on any atom is -0.481 e. The summed E-state index contributed by atoms with van der Waals surface area (Å²) in [7, 11) is 0. The smallest absolute Gasteiger partial charge is 0.266 e. The van der Waals surface area contributed by atoms with E-state index in [1.807, 2.05) is 6.07 Å². The molecule has 1 heterocycles. The number of nitriles is 1. The van der Waals surface area contributed by atoms with Gasteiger partial charge < -0.3 is 10.1 Å². The number of carbonyl (C=O) groups is 3. The minimum atomic E-state index is -0.809. The van der Waals surface area contributed by atoms with E-state index in [-0.39, 0.29) is 0 Å². The Balaban J connectivity index is 1.47. The SMILES string of the molecule is CC(Oc1ccc(C#N)cc1)C(=O)Nc1cccc(N2C(=O)c3ccccc3C2=O)c1. The van der Waals surface area contributed by atoms with Crippen LogP contribution in [0.5, 0.6) is 5.75 Å². The minimum absolute atomic E-state index is 0.353. The van der Waals surface area contributed by atoms with Crippen molar-refractivity contribution < 1.29 is 19.1 Å². The molecule has 1 atom stereocenters. The Morgan fingerprint density at radius 3 is 2.23 bits per heavy atom. The lowest BCUT2D eigenvalue weighted by atomic mass is 10.1. The number of ether oxygens (including phenoxy) is 1. The largest absolute Gasteiger partial charge is 0.481 e. The molecular weight excluding hydrogens is 394 g/mol. The second kappa shape index (κ2) is 8.13. The lowest BCUT2D eigenvalue weighted by Crippen LogP contribution is -2.31. The fourth-order valence-corrected chi connectivity index (χ4v) is 3.26. The van der Waals surface area contributed by atoms with Crippen LogP contribution in [0, 0.1) is 11.3 Å². The van der Waals surface area contributed by atoms with E-state index in [0.717, 1.165) is 4.90 Å². The Hall–Kier alpha value is -4.44. The average molecular weight is 411 g/mol. The summed E-state index contributed by atoms with van der Waals surface area (Å²) in [5.41, 5.74) is 1.99. The first kappa shape index (κ1) is 19.9. The second-order valence-corrected chi connectivity index (χ2v) is 6.93. The van der Waals surface area contributed by atoms with E-state index >= 15 is 0 Å². The summed E-state index contributed by atoms with van der Waals surface area (Å²) in [6.07, 6.45) is -0.809. The van der Waals surface area contributed by atoms with E-state index in [4.69, 9.17) is 10.00 Å². The van der Waals surface area contributed by atoms with Crippen molar-refractivity contribution in [1.82, 2.24) is 0 Å². The topological polar surface area (TPSA) is 99.5 Å². The first-order chi connectivity index (χ1) is 15.0. The van der Waals surface area contributed by atoms with Crippen molar-refractivity contribution in [3.8, 4) is 11.8 Å². The third-order valence-electron chi connectivity index (χ3n) is 4.83. The lowest BCUT2D eigenvalue weighted by Gasteiger charge is -2.17. The molecule has 1 aliphatic heterocycles. The van der Waals surface area contributed by atoms with Gasteiger partial charge in [0.15, 0.2) is 6.10 Å². The standard InChI is InChI=1S/C24H17N3O4/c1-15(31-19-11-9-16(14-25)10-12-19)22(28)26-17-5-4-6-18(13-17)27-23(29)20-7-2-3-8-21(20)24(27)30/h2-13,15H,1H3,(H,26,28). The Morgan fingerprint density at radius 1 is 0.968 bits per heavy atom. The third-order valence-corrected chi connectivity index (χ3v) is 4.83. The van der Waals surface area contributed by atoms with Gasteiger partial charge in [0.2, 0.25) is 0 Å². The van der Waals surface area contributed by atoms with Crippen molar-refractivity contribution in [2.75, 3.05) is 10.2 Å². The van der Waals surface area contributed by atoms with Crippen molar-refractivity contribution >= 4 is 29.1 Å². The summed E-state index contributed by atoms with van der Waals surface area (Å²) in [6, 6.07) is 21.6. The molecule has 7 heteroatoms. The van der Waals surface area contributed by atoms with Crippen molar-refractivity contribution in [1.29, 1.82) is 5.26 Å². The van der Waals surface area contributed by atoms with Crippen LogP contribution >= 0.6 is 0 Å². The van der Waals surface area contributed by atoms with Gasteiger partial charge in [-0.2, -0.15) is 5.26 Å². The van der Waals surface area contributed by atoms with E-state index in [1.54, 1.807) is 79.7 Å². The number of carbonyl (C=O) groups excluding carboxylic acids is 3. The number of rotatable bonds is 5. The number of nitrogens with one attached hydrogen (secondary N) is 1. The van der Waals surface area contributed by atoms with Gasteiger partial charge in [-0.3, -0.25) is 14.4 Å². The third kappa shape index (κ3) is 3.87. The zero-order valence-electron chi connectivity index (χ0n) is 16.5. The highest BCUT2D eigenvalue weighted by Gasteiger charge is 2.36. The first-order valence-corrected chi connectivity index (χ1v) is 9.53. The zero-order valence-corrected chi connectivity index (χ0v) is 16.5. The Bertz CT molecular complexity index is 1190. The predicted molar refractivity (Wildman–Crippen MR) is 114 cm³/mol. The van der Waals surface area contributed by atoms with Crippen LogP contribution in [0.1, 0.15) is 33.2 Å². The molecule has 0 spiro atoms. The summed E-state index contributed by atoms with van der Waals surface area (Å²) in [5.74, 6) is -0.742. The molecule has 4 rings (SSSR count). The summed E-state index contributed by atoms with van der Waals surface area (Å²) in [5, 5.41) is 11.6. The van der Waals surface area contributed by atoms with Crippen LogP contribution < -0.4 is 15.0 Å². The van der Waals surface area contributed by atoms with Crippen molar-refractivity contribution in [3.63, 3.8) is 0 Å². The van der Waals surface area contributed by atoms with E-state index < -0.39 is 23.8 Å². The molecule has 0 fully saturated rings. The number of anilines is 2. The molecule has 3 aromatic rings. The molecule has 3 amide bonds. The molecule has 0 saturated carbocycles. The summed E-state index contributed by atoms with van der Waals surface area (Å²) in [4.78, 5) is 39.0. The summed E-state index contributed by atoms with van der Waals surface area (Å²) < 4.78 is 5.61. The maximum absolute atomic E-state index is 12.7. The number of fused-ring (bicyclic) bond motifs is 1. The van der Waals surface area contributed by atoms with Gasteiger partial charge in [0.25, 0.3) is 17.7 Å². The zero-order chi connectivity index (χ0) is 22.0. The average Bonchev–Trinajstić information content (AvgIpc) is 3.04. The van der Waals surface area contributed by atoms with E-state index in [9.17, 15) is 14.4 Å². The van der Waals surface area contributed by atoms with Gasteiger partial charge in [0.1, 0.15) is 5.75 Å². The van der Waals surface area contributed by atoms with Gasteiger partial charge in [-0.25, -0.2) is 4.90 Å². The van der Waals surface area contributed by atoms with Crippen molar-refractivity contribution in [3.05, 3.63) is 89.5 Å². The highest BCUT2D eigenvalue weighted by molar-refractivity contribution is 6.34. The molecule has 0 aromatic heterocycles. The molecule has 1 aliphatic rings. The Kier molecular flexibility index (Phi) is 5.21. The van der Waals surface area contributed by atoms with Gasteiger partial charge in [-0.05, 0) is 61.5 Å². The number of amides is 3. The fraction of sp³-hybridized carbons (Fsp3) is 0.0833. The van der Waals surface area contributed by atoms with Crippen LogP contribution in [0.4, 0.5) is 11.4 Å². The molecule has 0 bridgehead atoms. The lowest BCUT2D eigenvalue weighted by molar-refractivity contribution is -0.122. The molecule has 0 radical (unpaired) electrons. The monoisotopic (exact) mass is 411 g/mol. The van der Waals surface area contributed by atoms with Crippen LogP contribution in [0.15, 0.2) is 72.8 Å². The van der Waals surface area contributed by atoms with Gasteiger partial charge in [0, 0.05) is 5.69 Å². The summed E-state index contributed by atoms with van der Waals surface area (Å²) in [6.45, 7) is 1.60. The van der Waals surface area contributed by atoms with Crippen LogP contribution in [0.25, 0.3) is 0 Å². The van der Waals surface area contributed by atoms with Crippen molar-refractivity contribution in [2.24, 2.45) is 0 Å². The van der Waals surface area contributed by atoms with Crippen LogP contribution in [-0.2, 0) is 4.79 Å². The molecule has 1 N–H and O–H groups in total. The first-order valence-electron chi connectivity index (χ1n) is 9.53. The van der Waals surface area contributed by atoms with Gasteiger partial charge in [0.05, 0.1) is 28.4 Å². The van der Waals surface area contributed by atoms with E-state index in [1.165, 1.54) is 0 Å². The van der Waals surface area contributed by atoms with Gasteiger partial charge >= 0.3 is 0 Å². The molecule has 3 aromatic carbocycles. The second-order valence-electron chi connectivity index (χ2n) is 6.93. The molecule has 152 valence electrons. The molecule has 0 saturated heterocycles. The molecule has 7 nitrogen and oxygen atoms in total. The van der Waals surface area contributed by atoms with Gasteiger partial charge in [-0.1, -0.05) is 18.2 Å². The van der Waals surface area contributed by atoms with E-state index in [2.05, 4.69) is 5.32 Å². The maximum atomic E-state index is 12.7. The number of hydrogen-bond acceptors (Lipinski definition) is 5. The Labute approximate surface area is 178 Å².